The Hall–Kier alpha value is -0.0800. The van der Waals surface area contributed by atoms with Crippen LogP contribution < -0.4 is 5.32 Å². The highest BCUT2D eigenvalue weighted by Gasteiger charge is 2.36. The van der Waals surface area contributed by atoms with E-state index in [0.717, 1.165) is 18.0 Å². The molecule has 2 fully saturated rings. The Labute approximate surface area is 100 Å². The van der Waals surface area contributed by atoms with Crippen LogP contribution in [0.25, 0.3) is 0 Å². The minimum absolute atomic E-state index is 0.521. The fourth-order valence-corrected chi connectivity index (χ4v) is 3.39. The van der Waals surface area contributed by atoms with Crippen molar-refractivity contribution in [1.29, 1.82) is 0 Å². The maximum atomic E-state index is 5.33. The molecule has 0 saturated heterocycles. The smallest absolute Gasteiger partial charge is 0.0601 e. The van der Waals surface area contributed by atoms with Crippen LogP contribution in [-0.4, -0.2) is 25.3 Å². The van der Waals surface area contributed by atoms with Crippen LogP contribution in [0.3, 0.4) is 0 Å². The lowest BCUT2D eigenvalue weighted by atomic mass is 9.70. The Morgan fingerprint density at radius 1 is 1.25 bits per heavy atom. The minimum atomic E-state index is 0.521. The number of methoxy groups -OCH3 is 1. The number of hydrogen-bond acceptors (Lipinski definition) is 2. The Bertz CT molecular complexity index is 233. The molecule has 2 saturated carbocycles. The normalized spacial score (nSPS) is 42.8. The van der Waals surface area contributed by atoms with Gasteiger partial charge >= 0.3 is 0 Å². The van der Waals surface area contributed by atoms with Crippen LogP contribution in [0.1, 0.15) is 52.9 Å². The molecule has 94 valence electrons. The third kappa shape index (κ3) is 2.78. The van der Waals surface area contributed by atoms with Crippen LogP contribution in [0.2, 0.25) is 0 Å². The number of nitrogens with one attached hydrogen (secondary N) is 1. The van der Waals surface area contributed by atoms with E-state index in [4.69, 9.17) is 4.74 Å². The van der Waals surface area contributed by atoms with E-state index < -0.39 is 0 Å². The van der Waals surface area contributed by atoms with E-state index in [9.17, 15) is 0 Å². The van der Waals surface area contributed by atoms with Crippen LogP contribution in [-0.2, 0) is 4.74 Å². The zero-order valence-electron chi connectivity index (χ0n) is 11.3. The highest BCUT2D eigenvalue weighted by atomic mass is 16.5. The van der Waals surface area contributed by atoms with Gasteiger partial charge in [-0.25, -0.2) is 0 Å². The van der Waals surface area contributed by atoms with Crippen molar-refractivity contribution in [2.24, 2.45) is 11.3 Å². The maximum absolute atomic E-state index is 5.33. The summed E-state index contributed by atoms with van der Waals surface area (Å²) in [4.78, 5) is 0. The van der Waals surface area contributed by atoms with Gasteiger partial charge in [-0.3, -0.25) is 0 Å². The molecule has 0 aromatic heterocycles. The quantitative estimate of drug-likeness (QED) is 0.797. The van der Waals surface area contributed by atoms with Crippen molar-refractivity contribution in [1.82, 2.24) is 5.32 Å². The molecule has 0 amide bonds. The van der Waals surface area contributed by atoms with E-state index in [0.29, 0.717) is 11.5 Å². The molecule has 2 heteroatoms. The summed E-state index contributed by atoms with van der Waals surface area (Å²) in [6, 6.07) is 1.47. The molecule has 2 unspecified atom stereocenters. The zero-order chi connectivity index (χ0) is 11.8. The van der Waals surface area contributed by atoms with Crippen LogP contribution in [0, 0.1) is 11.3 Å². The van der Waals surface area contributed by atoms with Crippen LogP contribution in [0.15, 0.2) is 0 Å². The first-order valence-corrected chi connectivity index (χ1v) is 6.79. The molecule has 2 atom stereocenters. The first-order valence-electron chi connectivity index (χ1n) is 6.79. The summed E-state index contributed by atoms with van der Waals surface area (Å²) in [5.74, 6) is 0.824. The topological polar surface area (TPSA) is 21.3 Å². The Balaban J connectivity index is 1.75. The number of rotatable bonds is 3. The van der Waals surface area contributed by atoms with Crippen LogP contribution in [0.4, 0.5) is 0 Å². The molecule has 0 radical (unpaired) electrons. The van der Waals surface area contributed by atoms with Gasteiger partial charge in [0.1, 0.15) is 0 Å². The van der Waals surface area contributed by atoms with Gasteiger partial charge in [0.2, 0.25) is 0 Å². The van der Waals surface area contributed by atoms with Gasteiger partial charge in [-0.2, -0.15) is 0 Å². The van der Waals surface area contributed by atoms with E-state index in [1.54, 1.807) is 0 Å². The van der Waals surface area contributed by atoms with Crippen molar-refractivity contribution in [3.8, 4) is 0 Å². The van der Waals surface area contributed by atoms with E-state index in [-0.39, 0.29) is 0 Å². The second-order valence-corrected chi connectivity index (χ2v) is 6.68. The van der Waals surface area contributed by atoms with Gasteiger partial charge in [0, 0.05) is 19.2 Å². The Morgan fingerprint density at radius 2 is 1.94 bits per heavy atom. The Kier molecular flexibility index (Phi) is 3.60. The van der Waals surface area contributed by atoms with Gasteiger partial charge in [0.05, 0.1) is 6.10 Å². The van der Waals surface area contributed by atoms with Gasteiger partial charge < -0.3 is 10.1 Å². The number of hydrogen-bond donors (Lipinski definition) is 1. The second kappa shape index (κ2) is 4.66. The molecule has 2 rings (SSSR count). The van der Waals surface area contributed by atoms with Crippen molar-refractivity contribution in [3.05, 3.63) is 0 Å². The van der Waals surface area contributed by atoms with E-state index in [1.807, 2.05) is 7.11 Å². The standard InChI is InChI=1S/C14H27NO/c1-10-9-14(2,3)6-5-13(10)15-11-7-12(8-11)16-4/h10-13,15H,5-9H2,1-4H3. The molecule has 2 aliphatic carbocycles. The summed E-state index contributed by atoms with van der Waals surface area (Å²) in [6.45, 7) is 7.22. The third-order valence-electron chi connectivity index (χ3n) is 4.57. The summed E-state index contributed by atoms with van der Waals surface area (Å²) in [6.07, 6.45) is 7.03. The van der Waals surface area contributed by atoms with Crippen molar-refractivity contribution < 1.29 is 4.74 Å². The van der Waals surface area contributed by atoms with Gasteiger partial charge in [-0.15, -0.1) is 0 Å². The fraction of sp³-hybridized carbons (Fsp3) is 1.00. The molecule has 2 nitrogen and oxygen atoms in total. The molecular formula is C14H27NO. The van der Waals surface area contributed by atoms with Crippen LogP contribution in [0.5, 0.6) is 0 Å². The number of ether oxygens (including phenoxy) is 1. The zero-order valence-corrected chi connectivity index (χ0v) is 11.3. The van der Waals surface area contributed by atoms with Crippen molar-refractivity contribution in [3.63, 3.8) is 0 Å². The van der Waals surface area contributed by atoms with E-state index in [2.05, 4.69) is 26.1 Å². The summed E-state index contributed by atoms with van der Waals surface area (Å²) in [5, 5.41) is 3.83. The summed E-state index contributed by atoms with van der Waals surface area (Å²) in [5.41, 5.74) is 0.562. The average Bonchev–Trinajstić information content (AvgIpc) is 2.12. The summed E-state index contributed by atoms with van der Waals surface area (Å²) < 4.78 is 5.33. The lowest BCUT2D eigenvalue weighted by molar-refractivity contribution is 0.00701. The first-order chi connectivity index (χ1) is 7.50. The maximum Gasteiger partial charge on any atom is 0.0601 e. The summed E-state index contributed by atoms with van der Waals surface area (Å²) in [7, 11) is 1.83. The van der Waals surface area contributed by atoms with Crippen molar-refractivity contribution in [2.45, 2.75) is 71.1 Å². The first kappa shape index (κ1) is 12.4. The molecule has 1 N–H and O–H groups in total. The molecular weight excluding hydrogens is 198 g/mol. The highest BCUT2D eigenvalue weighted by Crippen LogP contribution is 2.39. The summed E-state index contributed by atoms with van der Waals surface area (Å²) >= 11 is 0. The lowest BCUT2D eigenvalue weighted by Crippen LogP contribution is -2.52. The highest BCUT2D eigenvalue weighted by molar-refractivity contribution is 4.93. The molecule has 0 aromatic rings. The fourth-order valence-electron chi connectivity index (χ4n) is 3.39. The lowest BCUT2D eigenvalue weighted by Gasteiger charge is -2.44. The Morgan fingerprint density at radius 3 is 2.50 bits per heavy atom. The van der Waals surface area contributed by atoms with Gasteiger partial charge in [0.15, 0.2) is 0 Å². The van der Waals surface area contributed by atoms with Gasteiger partial charge in [0.25, 0.3) is 0 Å². The van der Waals surface area contributed by atoms with Gasteiger partial charge in [-0.05, 0) is 43.4 Å². The monoisotopic (exact) mass is 225 g/mol. The molecule has 0 aromatic carbocycles. The van der Waals surface area contributed by atoms with E-state index in [1.165, 1.54) is 32.1 Å². The predicted octanol–water partition coefficient (Wildman–Crippen LogP) is 2.97. The van der Waals surface area contributed by atoms with Gasteiger partial charge in [-0.1, -0.05) is 20.8 Å². The van der Waals surface area contributed by atoms with Crippen LogP contribution >= 0.6 is 0 Å². The average molecular weight is 225 g/mol. The van der Waals surface area contributed by atoms with Crippen molar-refractivity contribution in [2.75, 3.05) is 7.11 Å². The molecule has 0 aliphatic heterocycles. The largest absolute Gasteiger partial charge is 0.381 e. The molecule has 0 bridgehead atoms. The molecule has 0 spiro atoms. The SMILES string of the molecule is COC1CC(NC2CCC(C)(C)CC2C)C1. The molecule has 2 aliphatic rings. The molecule has 0 heterocycles. The predicted molar refractivity (Wildman–Crippen MR) is 67.5 cm³/mol. The molecule has 16 heavy (non-hydrogen) atoms. The minimum Gasteiger partial charge on any atom is -0.381 e. The third-order valence-corrected chi connectivity index (χ3v) is 4.57. The second-order valence-electron chi connectivity index (χ2n) is 6.68. The van der Waals surface area contributed by atoms with Crippen molar-refractivity contribution >= 4 is 0 Å². The van der Waals surface area contributed by atoms with E-state index >= 15 is 0 Å².